The molecule has 0 aromatic heterocycles. The third-order valence-electron chi connectivity index (χ3n) is 5.92. The number of hydrogen-bond acceptors (Lipinski definition) is 0. The van der Waals surface area contributed by atoms with E-state index < -0.39 is 0 Å². The summed E-state index contributed by atoms with van der Waals surface area (Å²) in [5, 5.41) is 0. The molecule has 0 nitrogen and oxygen atoms in total. The molecule has 0 aliphatic heterocycles. The van der Waals surface area contributed by atoms with Crippen molar-refractivity contribution in [3.8, 4) is 0 Å². The second kappa shape index (κ2) is 8.51. The number of benzene rings is 2. The Kier molecular flexibility index (Phi) is 6.12. The monoisotopic (exact) mass is 320 g/mol. The van der Waals surface area contributed by atoms with Gasteiger partial charge in [-0.3, -0.25) is 0 Å². The molecular formula is C24H32. The topological polar surface area (TPSA) is 0 Å². The van der Waals surface area contributed by atoms with E-state index in [-0.39, 0.29) is 0 Å². The van der Waals surface area contributed by atoms with Crippen molar-refractivity contribution in [2.24, 2.45) is 11.8 Å². The quantitative estimate of drug-likeness (QED) is 0.553. The first kappa shape index (κ1) is 17.3. The van der Waals surface area contributed by atoms with Crippen molar-refractivity contribution in [3.05, 3.63) is 70.8 Å². The molecule has 2 aromatic rings. The Morgan fingerprint density at radius 1 is 0.917 bits per heavy atom. The van der Waals surface area contributed by atoms with Crippen LogP contribution >= 0.6 is 0 Å². The van der Waals surface area contributed by atoms with Crippen molar-refractivity contribution >= 4 is 0 Å². The van der Waals surface area contributed by atoms with Gasteiger partial charge >= 0.3 is 0 Å². The van der Waals surface area contributed by atoms with Crippen LogP contribution in [0.4, 0.5) is 0 Å². The lowest BCUT2D eigenvalue weighted by molar-refractivity contribution is 0.365. The third kappa shape index (κ3) is 4.50. The predicted octanol–water partition coefficient (Wildman–Crippen LogP) is 6.40. The van der Waals surface area contributed by atoms with Crippen LogP contribution in [0.5, 0.6) is 0 Å². The van der Waals surface area contributed by atoms with Gasteiger partial charge in [0.1, 0.15) is 0 Å². The molecule has 2 aromatic carbocycles. The van der Waals surface area contributed by atoms with Crippen LogP contribution in [0.15, 0.2) is 48.5 Å². The summed E-state index contributed by atoms with van der Waals surface area (Å²) in [7, 11) is 0. The Bertz CT molecular complexity index is 640. The maximum absolute atomic E-state index is 2.45. The molecule has 0 spiro atoms. The normalized spacial score (nSPS) is 18.2. The van der Waals surface area contributed by atoms with Crippen molar-refractivity contribution in [2.75, 3.05) is 0 Å². The summed E-state index contributed by atoms with van der Waals surface area (Å²) < 4.78 is 0. The maximum Gasteiger partial charge on any atom is -0.0248 e. The summed E-state index contributed by atoms with van der Waals surface area (Å²) >= 11 is 0. The molecular weight excluding hydrogens is 288 g/mol. The minimum Gasteiger partial charge on any atom is -0.0625 e. The van der Waals surface area contributed by atoms with E-state index in [1.165, 1.54) is 50.5 Å². The van der Waals surface area contributed by atoms with Gasteiger partial charge < -0.3 is 0 Å². The molecule has 0 saturated carbocycles. The van der Waals surface area contributed by atoms with Crippen molar-refractivity contribution in [1.29, 1.82) is 0 Å². The smallest absolute Gasteiger partial charge is 0.0248 e. The van der Waals surface area contributed by atoms with Crippen LogP contribution in [-0.4, -0.2) is 0 Å². The van der Waals surface area contributed by atoms with Crippen molar-refractivity contribution in [2.45, 2.75) is 65.2 Å². The zero-order valence-corrected chi connectivity index (χ0v) is 15.4. The fourth-order valence-electron chi connectivity index (χ4n) is 4.23. The van der Waals surface area contributed by atoms with Gasteiger partial charge in [0.25, 0.3) is 0 Å². The Balaban J connectivity index is 1.44. The Morgan fingerprint density at radius 3 is 2.42 bits per heavy atom. The first-order valence-corrected chi connectivity index (χ1v) is 9.89. The van der Waals surface area contributed by atoms with E-state index >= 15 is 0 Å². The number of fused-ring (bicyclic) bond motifs is 1. The van der Waals surface area contributed by atoms with Gasteiger partial charge in [-0.05, 0) is 79.0 Å². The lowest BCUT2D eigenvalue weighted by atomic mass is 9.80. The highest BCUT2D eigenvalue weighted by molar-refractivity contribution is 5.29. The molecule has 2 atom stereocenters. The molecule has 0 saturated heterocycles. The fourth-order valence-corrected chi connectivity index (χ4v) is 4.23. The Morgan fingerprint density at radius 2 is 1.62 bits per heavy atom. The maximum atomic E-state index is 2.45. The molecule has 0 N–H and O–H groups in total. The second-order valence-corrected chi connectivity index (χ2v) is 7.72. The van der Waals surface area contributed by atoms with Crippen LogP contribution in [-0.2, 0) is 25.7 Å². The minimum atomic E-state index is 0.840. The Hall–Kier alpha value is -1.56. The van der Waals surface area contributed by atoms with Crippen LogP contribution in [0.3, 0.4) is 0 Å². The van der Waals surface area contributed by atoms with E-state index in [1.807, 2.05) is 0 Å². The summed E-state index contributed by atoms with van der Waals surface area (Å²) in [6, 6.07) is 18.0. The summed E-state index contributed by atoms with van der Waals surface area (Å²) in [6.07, 6.45) is 10.5. The largest absolute Gasteiger partial charge is 0.0625 e. The minimum absolute atomic E-state index is 0.840. The molecule has 3 rings (SSSR count). The highest BCUT2D eigenvalue weighted by Gasteiger charge is 2.18. The van der Waals surface area contributed by atoms with E-state index in [0.717, 1.165) is 18.3 Å². The van der Waals surface area contributed by atoms with Crippen molar-refractivity contribution < 1.29 is 0 Å². The first-order valence-electron chi connectivity index (χ1n) is 9.89. The molecule has 0 heterocycles. The molecule has 0 unspecified atom stereocenters. The molecule has 0 fully saturated rings. The first-order chi connectivity index (χ1) is 11.8. The molecule has 128 valence electrons. The average molecular weight is 321 g/mol. The number of aryl methyl sites for hydroxylation is 3. The Labute approximate surface area is 148 Å². The highest BCUT2D eigenvalue weighted by Crippen LogP contribution is 2.30. The van der Waals surface area contributed by atoms with Crippen molar-refractivity contribution in [1.82, 2.24) is 0 Å². The van der Waals surface area contributed by atoms with Crippen LogP contribution in [0, 0.1) is 11.8 Å². The SMILES string of the molecule is CCc1ccccc1CC[C@@H](C)CC[C@H]1CCc2ccccc2C1. The molecule has 1 aliphatic carbocycles. The predicted molar refractivity (Wildman–Crippen MR) is 104 cm³/mol. The lowest BCUT2D eigenvalue weighted by Gasteiger charge is -2.25. The standard InChI is InChI=1S/C24H32/c1-3-21-8-4-5-9-22(21)16-13-19(2)12-14-20-15-17-23-10-6-7-11-24(23)18-20/h4-11,19-20H,3,12-18H2,1-2H3/t19-,20-/m0/s1. The van der Waals surface area contributed by atoms with Gasteiger partial charge in [0, 0.05) is 0 Å². The second-order valence-electron chi connectivity index (χ2n) is 7.72. The van der Waals surface area contributed by atoms with Gasteiger partial charge in [-0.1, -0.05) is 68.8 Å². The van der Waals surface area contributed by atoms with Crippen LogP contribution in [0.2, 0.25) is 0 Å². The molecule has 0 heteroatoms. The van der Waals surface area contributed by atoms with Crippen molar-refractivity contribution in [3.63, 3.8) is 0 Å². The van der Waals surface area contributed by atoms with Gasteiger partial charge in [-0.25, -0.2) is 0 Å². The highest BCUT2D eigenvalue weighted by atomic mass is 14.2. The molecule has 0 amide bonds. The van der Waals surface area contributed by atoms with Gasteiger partial charge in [-0.15, -0.1) is 0 Å². The molecule has 24 heavy (non-hydrogen) atoms. The molecule has 0 radical (unpaired) electrons. The summed E-state index contributed by atoms with van der Waals surface area (Å²) in [5.41, 5.74) is 6.31. The van der Waals surface area contributed by atoms with Gasteiger partial charge in [-0.2, -0.15) is 0 Å². The van der Waals surface area contributed by atoms with Crippen LogP contribution < -0.4 is 0 Å². The summed E-state index contributed by atoms with van der Waals surface area (Å²) in [4.78, 5) is 0. The summed E-state index contributed by atoms with van der Waals surface area (Å²) in [5.74, 6) is 1.75. The van der Waals surface area contributed by atoms with Gasteiger partial charge in [0.15, 0.2) is 0 Å². The van der Waals surface area contributed by atoms with E-state index in [9.17, 15) is 0 Å². The van der Waals surface area contributed by atoms with Gasteiger partial charge in [0.05, 0.1) is 0 Å². The lowest BCUT2D eigenvalue weighted by Crippen LogP contribution is -2.15. The fraction of sp³-hybridized carbons (Fsp3) is 0.500. The zero-order valence-electron chi connectivity index (χ0n) is 15.4. The summed E-state index contributed by atoms with van der Waals surface area (Å²) in [6.45, 7) is 4.72. The van der Waals surface area contributed by atoms with E-state index in [0.29, 0.717) is 0 Å². The van der Waals surface area contributed by atoms with Crippen LogP contribution in [0.1, 0.15) is 61.8 Å². The van der Waals surface area contributed by atoms with E-state index in [4.69, 9.17) is 0 Å². The van der Waals surface area contributed by atoms with E-state index in [1.54, 1.807) is 16.7 Å². The van der Waals surface area contributed by atoms with Gasteiger partial charge in [0.2, 0.25) is 0 Å². The average Bonchev–Trinajstić information content (AvgIpc) is 2.64. The number of rotatable bonds is 7. The molecule has 1 aliphatic rings. The van der Waals surface area contributed by atoms with E-state index in [2.05, 4.69) is 62.4 Å². The molecule has 0 bridgehead atoms. The zero-order chi connectivity index (χ0) is 16.8. The number of hydrogen-bond donors (Lipinski definition) is 0. The van der Waals surface area contributed by atoms with Crippen LogP contribution in [0.25, 0.3) is 0 Å². The third-order valence-corrected chi connectivity index (χ3v) is 5.92.